The van der Waals surface area contributed by atoms with Crippen LogP contribution in [0.2, 0.25) is 0 Å². The largest absolute Gasteiger partial charge is 0.329 e. The van der Waals surface area contributed by atoms with E-state index in [9.17, 15) is 9.59 Å². The zero-order chi connectivity index (χ0) is 19.0. The predicted octanol–water partition coefficient (Wildman–Crippen LogP) is 5.02. The molecule has 2 aromatic rings. The zero-order valence-electron chi connectivity index (χ0n) is 15.3. The van der Waals surface area contributed by atoms with Crippen LogP contribution in [-0.2, 0) is 16.0 Å². The minimum atomic E-state index is -0.141. The SMILES string of the molecule is CCc1ccc(C2CC(=O)C3=C(C2)NC(=O)CC3c2ccc(Br)cc2)cc1. The quantitative estimate of drug-likeness (QED) is 0.753. The number of benzene rings is 2. The van der Waals surface area contributed by atoms with Gasteiger partial charge in [-0.15, -0.1) is 0 Å². The van der Waals surface area contributed by atoms with Crippen LogP contribution < -0.4 is 5.32 Å². The highest BCUT2D eigenvalue weighted by molar-refractivity contribution is 9.10. The number of hydrogen-bond acceptors (Lipinski definition) is 2. The van der Waals surface area contributed by atoms with E-state index in [4.69, 9.17) is 0 Å². The molecular formula is C23H22BrNO2. The maximum absolute atomic E-state index is 13.1. The van der Waals surface area contributed by atoms with Gasteiger partial charge in [0.15, 0.2) is 5.78 Å². The van der Waals surface area contributed by atoms with Crippen LogP contribution in [0.25, 0.3) is 0 Å². The van der Waals surface area contributed by atoms with Crippen LogP contribution in [0.15, 0.2) is 64.3 Å². The van der Waals surface area contributed by atoms with Crippen LogP contribution in [0.3, 0.4) is 0 Å². The Morgan fingerprint density at radius 2 is 1.59 bits per heavy atom. The first-order chi connectivity index (χ1) is 13.0. The second-order valence-corrected chi connectivity index (χ2v) is 8.29. The van der Waals surface area contributed by atoms with Gasteiger partial charge in [0.25, 0.3) is 0 Å². The Labute approximate surface area is 168 Å². The first kappa shape index (κ1) is 18.2. The summed E-state index contributed by atoms with van der Waals surface area (Å²) in [6.07, 6.45) is 2.56. The summed E-state index contributed by atoms with van der Waals surface area (Å²) in [5, 5.41) is 2.99. The van der Waals surface area contributed by atoms with Gasteiger partial charge in [-0.3, -0.25) is 9.59 Å². The molecule has 2 aliphatic rings. The average Bonchev–Trinajstić information content (AvgIpc) is 2.67. The lowest BCUT2D eigenvalue weighted by molar-refractivity contribution is -0.122. The molecule has 0 saturated carbocycles. The monoisotopic (exact) mass is 423 g/mol. The normalized spacial score (nSPS) is 22.4. The molecule has 1 heterocycles. The Hall–Kier alpha value is -2.20. The molecule has 2 aromatic carbocycles. The van der Waals surface area contributed by atoms with Crippen molar-refractivity contribution in [3.05, 3.63) is 81.0 Å². The van der Waals surface area contributed by atoms with Gasteiger partial charge < -0.3 is 5.32 Å². The molecule has 4 heteroatoms. The molecule has 0 aromatic heterocycles. The molecule has 0 fully saturated rings. The van der Waals surface area contributed by atoms with E-state index < -0.39 is 0 Å². The fourth-order valence-electron chi connectivity index (χ4n) is 4.20. The van der Waals surface area contributed by atoms with E-state index in [0.717, 1.165) is 27.7 Å². The standard InChI is InChI=1S/C23H22BrNO2/c1-2-14-3-5-15(6-4-14)17-11-20-23(21(26)12-17)19(13-22(27)25-20)16-7-9-18(24)10-8-16/h3-10,17,19H,2,11-13H2,1H3,(H,25,27). The highest BCUT2D eigenvalue weighted by Gasteiger charge is 2.38. The van der Waals surface area contributed by atoms with Crippen LogP contribution in [0.4, 0.5) is 0 Å². The fourth-order valence-corrected chi connectivity index (χ4v) is 4.47. The van der Waals surface area contributed by atoms with Gasteiger partial charge in [-0.2, -0.15) is 0 Å². The summed E-state index contributed by atoms with van der Waals surface area (Å²) in [7, 11) is 0. The molecular weight excluding hydrogens is 402 g/mol. The average molecular weight is 424 g/mol. The zero-order valence-corrected chi connectivity index (χ0v) is 16.9. The van der Waals surface area contributed by atoms with Crippen LogP contribution in [-0.4, -0.2) is 11.7 Å². The number of amides is 1. The Morgan fingerprint density at radius 3 is 2.26 bits per heavy atom. The van der Waals surface area contributed by atoms with E-state index >= 15 is 0 Å². The fraction of sp³-hybridized carbons (Fsp3) is 0.304. The highest BCUT2D eigenvalue weighted by Crippen LogP contribution is 2.42. The summed E-state index contributed by atoms with van der Waals surface area (Å²) in [5.41, 5.74) is 5.12. The van der Waals surface area contributed by atoms with Gasteiger partial charge in [-0.05, 0) is 47.6 Å². The van der Waals surface area contributed by atoms with Crippen molar-refractivity contribution in [2.75, 3.05) is 0 Å². The van der Waals surface area contributed by atoms with Gasteiger partial charge in [0, 0.05) is 34.5 Å². The van der Waals surface area contributed by atoms with Gasteiger partial charge in [-0.25, -0.2) is 0 Å². The lowest BCUT2D eigenvalue weighted by Crippen LogP contribution is -2.38. The highest BCUT2D eigenvalue weighted by atomic mass is 79.9. The summed E-state index contributed by atoms with van der Waals surface area (Å²) in [6, 6.07) is 16.4. The van der Waals surface area contributed by atoms with Gasteiger partial charge in [0.1, 0.15) is 0 Å². The van der Waals surface area contributed by atoms with Crippen LogP contribution >= 0.6 is 15.9 Å². The Bertz CT molecular complexity index is 912. The molecule has 1 amide bonds. The number of ketones is 1. The van der Waals surface area contributed by atoms with Crippen LogP contribution in [0, 0.1) is 0 Å². The topological polar surface area (TPSA) is 46.2 Å². The van der Waals surface area contributed by atoms with E-state index in [1.165, 1.54) is 11.1 Å². The molecule has 1 N–H and O–H groups in total. The number of carbonyl (C=O) groups excluding carboxylic acids is 2. The van der Waals surface area contributed by atoms with Crippen molar-refractivity contribution in [2.24, 2.45) is 0 Å². The molecule has 0 saturated heterocycles. The molecule has 4 rings (SSSR count). The number of Topliss-reactive ketones (excluding diaryl/α,β-unsaturated/α-hetero) is 1. The van der Waals surface area contributed by atoms with Crippen molar-refractivity contribution in [1.82, 2.24) is 5.32 Å². The van der Waals surface area contributed by atoms with Crippen molar-refractivity contribution < 1.29 is 9.59 Å². The van der Waals surface area contributed by atoms with Crippen LogP contribution in [0.1, 0.15) is 54.7 Å². The molecule has 3 nitrogen and oxygen atoms in total. The number of aryl methyl sites for hydroxylation is 1. The molecule has 0 bridgehead atoms. The second kappa shape index (κ2) is 7.43. The van der Waals surface area contributed by atoms with E-state index in [0.29, 0.717) is 19.3 Å². The Kier molecular flexibility index (Phi) is 5.00. The van der Waals surface area contributed by atoms with E-state index in [1.54, 1.807) is 0 Å². The maximum atomic E-state index is 13.1. The van der Waals surface area contributed by atoms with Crippen LogP contribution in [0.5, 0.6) is 0 Å². The first-order valence-electron chi connectivity index (χ1n) is 9.45. The van der Waals surface area contributed by atoms with Crippen molar-refractivity contribution in [2.45, 2.75) is 44.4 Å². The number of halogens is 1. The Balaban J connectivity index is 1.67. The van der Waals surface area contributed by atoms with E-state index in [1.807, 2.05) is 24.3 Å². The van der Waals surface area contributed by atoms with Gasteiger partial charge >= 0.3 is 0 Å². The number of carbonyl (C=O) groups is 2. The first-order valence-corrected chi connectivity index (χ1v) is 10.2. The second-order valence-electron chi connectivity index (χ2n) is 7.37. The van der Waals surface area contributed by atoms with E-state index in [-0.39, 0.29) is 23.5 Å². The lowest BCUT2D eigenvalue weighted by Gasteiger charge is -2.34. The summed E-state index contributed by atoms with van der Waals surface area (Å²) in [6.45, 7) is 2.13. The van der Waals surface area contributed by atoms with Gasteiger partial charge in [-0.1, -0.05) is 59.3 Å². The summed E-state index contributed by atoms with van der Waals surface area (Å²) >= 11 is 3.45. The molecule has 2 unspecified atom stereocenters. The van der Waals surface area contributed by atoms with E-state index in [2.05, 4.69) is 52.4 Å². The van der Waals surface area contributed by atoms with Crippen molar-refractivity contribution in [3.8, 4) is 0 Å². The number of rotatable bonds is 3. The summed E-state index contributed by atoms with van der Waals surface area (Å²) in [5.74, 6) is 0.147. The maximum Gasteiger partial charge on any atom is 0.225 e. The minimum Gasteiger partial charge on any atom is -0.329 e. The molecule has 138 valence electrons. The summed E-state index contributed by atoms with van der Waals surface area (Å²) < 4.78 is 0.992. The Morgan fingerprint density at radius 1 is 0.926 bits per heavy atom. The molecule has 2 atom stereocenters. The number of hydrogen-bond donors (Lipinski definition) is 1. The van der Waals surface area contributed by atoms with Crippen molar-refractivity contribution in [3.63, 3.8) is 0 Å². The third kappa shape index (κ3) is 3.63. The van der Waals surface area contributed by atoms with Gasteiger partial charge in [0.2, 0.25) is 5.91 Å². The lowest BCUT2D eigenvalue weighted by atomic mass is 9.73. The molecule has 0 radical (unpaired) electrons. The third-order valence-electron chi connectivity index (χ3n) is 5.67. The van der Waals surface area contributed by atoms with Gasteiger partial charge in [0.05, 0.1) is 0 Å². The smallest absolute Gasteiger partial charge is 0.225 e. The van der Waals surface area contributed by atoms with Crippen molar-refractivity contribution >= 4 is 27.6 Å². The third-order valence-corrected chi connectivity index (χ3v) is 6.20. The molecule has 1 aliphatic heterocycles. The van der Waals surface area contributed by atoms with Crippen molar-refractivity contribution in [1.29, 1.82) is 0 Å². The number of nitrogens with one attached hydrogen (secondary N) is 1. The number of allylic oxidation sites excluding steroid dienone is 2. The predicted molar refractivity (Wildman–Crippen MR) is 109 cm³/mol. The molecule has 0 spiro atoms. The molecule has 27 heavy (non-hydrogen) atoms. The molecule has 1 aliphatic carbocycles. The minimum absolute atomic E-state index is 0.00329. The summed E-state index contributed by atoms with van der Waals surface area (Å²) in [4.78, 5) is 25.4.